The van der Waals surface area contributed by atoms with Crippen LogP contribution >= 0.6 is 0 Å². The highest BCUT2D eigenvalue weighted by Crippen LogP contribution is 2.37. The minimum absolute atomic E-state index is 0.146. The first-order valence-corrected chi connectivity index (χ1v) is 12.0. The molecule has 1 aliphatic carbocycles. The normalized spacial score (nSPS) is 16.5. The number of aromatic nitrogens is 2. The highest BCUT2D eigenvalue weighted by atomic mass is 16.5. The van der Waals surface area contributed by atoms with Gasteiger partial charge in [0.15, 0.2) is 0 Å². The van der Waals surface area contributed by atoms with E-state index in [4.69, 9.17) is 9.72 Å². The van der Waals surface area contributed by atoms with Gasteiger partial charge in [-0.2, -0.15) is 0 Å². The van der Waals surface area contributed by atoms with Crippen LogP contribution in [-0.4, -0.2) is 42.2 Å². The number of nitrogens with one attached hydrogen (secondary N) is 1. The maximum Gasteiger partial charge on any atom is 0.257 e. The smallest absolute Gasteiger partial charge is 0.257 e. The molecule has 1 N–H and O–H groups in total. The summed E-state index contributed by atoms with van der Waals surface area (Å²) in [5.74, 6) is 0.395. The van der Waals surface area contributed by atoms with Gasteiger partial charge in [-0.05, 0) is 53.8 Å². The van der Waals surface area contributed by atoms with Crippen molar-refractivity contribution in [2.75, 3.05) is 36.5 Å². The third kappa shape index (κ3) is 4.29. The maximum atomic E-state index is 13.6. The van der Waals surface area contributed by atoms with Crippen LogP contribution in [-0.2, 0) is 11.2 Å². The van der Waals surface area contributed by atoms with Crippen LogP contribution in [0, 0.1) is 0 Å². The molecule has 6 nitrogen and oxygen atoms in total. The Kier molecular flexibility index (Phi) is 5.72. The van der Waals surface area contributed by atoms with Gasteiger partial charge in [0.05, 0.1) is 41.9 Å². The molecule has 1 amide bonds. The highest BCUT2D eigenvalue weighted by Gasteiger charge is 2.27. The van der Waals surface area contributed by atoms with E-state index in [0.717, 1.165) is 72.6 Å². The van der Waals surface area contributed by atoms with Gasteiger partial charge in [0.2, 0.25) is 0 Å². The number of hydrogen-bond donors (Lipinski definition) is 1. The Bertz CT molecular complexity index is 1410. The summed E-state index contributed by atoms with van der Waals surface area (Å²) >= 11 is 0. The van der Waals surface area contributed by atoms with Gasteiger partial charge in [-0.15, -0.1) is 0 Å². The number of hydrogen-bond acceptors (Lipinski definition) is 5. The van der Waals surface area contributed by atoms with Gasteiger partial charge in [-0.3, -0.25) is 4.79 Å². The van der Waals surface area contributed by atoms with Crippen molar-refractivity contribution in [3.8, 4) is 0 Å². The number of carbonyl (C=O) groups excluding carboxylic acids is 1. The van der Waals surface area contributed by atoms with E-state index in [0.29, 0.717) is 11.4 Å². The Balaban J connectivity index is 1.34. The molecule has 1 fully saturated rings. The number of pyridine rings is 2. The van der Waals surface area contributed by atoms with Crippen LogP contribution in [0.25, 0.3) is 22.6 Å². The van der Waals surface area contributed by atoms with Crippen molar-refractivity contribution < 1.29 is 9.53 Å². The number of rotatable bonds is 4. The third-order valence-corrected chi connectivity index (χ3v) is 6.68. The second-order valence-corrected chi connectivity index (χ2v) is 8.87. The average molecular weight is 463 g/mol. The van der Waals surface area contributed by atoms with Crippen molar-refractivity contribution in [2.24, 2.45) is 0 Å². The first kappa shape index (κ1) is 21.5. The minimum Gasteiger partial charge on any atom is -0.378 e. The summed E-state index contributed by atoms with van der Waals surface area (Å²) in [4.78, 5) is 25.3. The number of para-hydroxylation sites is 1. The molecule has 6 rings (SSSR count). The Hall–Kier alpha value is -4.03. The Morgan fingerprint density at radius 1 is 0.943 bits per heavy atom. The van der Waals surface area contributed by atoms with Crippen LogP contribution in [0.2, 0.25) is 0 Å². The summed E-state index contributed by atoms with van der Waals surface area (Å²) in [6.07, 6.45) is 5.65. The first-order valence-electron chi connectivity index (χ1n) is 12.0. The summed E-state index contributed by atoms with van der Waals surface area (Å²) in [5, 5.41) is 3.90. The van der Waals surface area contributed by atoms with Gasteiger partial charge in [0, 0.05) is 18.5 Å². The molecule has 1 saturated heterocycles. The summed E-state index contributed by atoms with van der Waals surface area (Å²) < 4.78 is 5.43. The number of ether oxygens (including phenoxy) is 1. The minimum atomic E-state index is -0.146. The number of morpholine rings is 1. The van der Waals surface area contributed by atoms with E-state index in [1.54, 1.807) is 0 Å². The number of anilines is 2. The molecular weight excluding hydrogens is 436 g/mol. The topological polar surface area (TPSA) is 67.4 Å². The van der Waals surface area contributed by atoms with Crippen LogP contribution < -0.4 is 10.2 Å². The molecule has 4 aromatic rings. The van der Waals surface area contributed by atoms with Crippen LogP contribution in [0.15, 0.2) is 72.9 Å². The number of allylic oxidation sites excluding steroid dienone is 1. The van der Waals surface area contributed by atoms with E-state index in [1.165, 1.54) is 5.57 Å². The van der Waals surface area contributed by atoms with Crippen molar-refractivity contribution in [3.63, 3.8) is 0 Å². The van der Waals surface area contributed by atoms with Gasteiger partial charge in [0.25, 0.3) is 5.91 Å². The van der Waals surface area contributed by atoms with Gasteiger partial charge < -0.3 is 15.0 Å². The molecule has 2 aromatic heterocycles. The molecule has 3 heterocycles. The fourth-order valence-electron chi connectivity index (χ4n) is 4.94. The van der Waals surface area contributed by atoms with Crippen molar-refractivity contribution >= 4 is 40.0 Å². The van der Waals surface area contributed by atoms with Gasteiger partial charge in [-0.25, -0.2) is 9.97 Å². The van der Waals surface area contributed by atoms with E-state index < -0.39 is 0 Å². The molecule has 2 aromatic carbocycles. The molecule has 1 aliphatic heterocycles. The van der Waals surface area contributed by atoms with E-state index in [-0.39, 0.29) is 5.91 Å². The van der Waals surface area contributed by atoms with Crippen molar-refractivity contribution in [1.29, 1.82) is 0 Å². The molecule has 0 radical (unpaired) electrons. The Labute approximate surface area is 204 Å². The zero-order chi connectivity index (χ0) is 23.6. The van der Waals surface area contributed by atoms with Gasteiger partial charge in [-0.1, -0.05) is 48.5 Å². The monoisotopic (exact) mass is 462 g/mol. The molecule has 35 heavy (non-hydrogen) atoms. The Morgan fingerprint density at radius 3 is 2.54 bits per heavy atom. The van der Waals surface area contributed by atoms with E-state index in [9.17, 15) is 4.79 Å². The number of benzene rings is 2. The van der Waals surface area contributed by atoms with Crippen LogP contribution in [0.4, 0.5) is 11.5 Å². The highest BCUT2D eigenvalue weighted by molar-refractivity contribution is 6.14. The lowest BCUT2D eigenvalue weighted by atomic mass is 10.00. The summed E-state index contributed by atoms with van der Waals surface area (Å²) in [6.45, 7) is 3.14. The summed E-state index contributed by atoms with van der Waals surface area (Å²) in [7, 11) is 0. The molecular formula is C29H26N4O2. The van der Waals surface area contributed by atoms with Crippen LogP contribution in [0.1, 0.15) is 33.6 Å². The van der Waals surface area contributed by atoms with Crippen LogP contribution in [0.5, 0.6) is 0 Å². The van der Waals surface area contributed by atoms with E-state index >= 15 is 0 Å². The molecule has 2 aliphatic rings. The van der Waals surface area contributed by atoms with Gasteiger partial charge >= 0.3 is 0 Å². The SMILES string of the molecule is O=C(Nc1ccc(N2CCOCC2)cn1)c1c2c(nc3ccccc13)C(=Cc1ccccc1)CC2. The molecule has 0 spiro atoms. The molecule has 0 bridgehead atoms. The number of fused-ring (bicyclic) bond motifs is 2. The Morgan fingerprint density at radius 2 is 1.74 bits per heavy atom. The fourth-order valence-corrected chi connectivity index (χ4v) is 4.94. The molecule has 0 unspecified atom stereocenters. The first-order chi connectivity index (χ1) is 17.3. The van der Waals surface area contributed by atoms with Crippen molar-refractivity contribution in [3.05, 3.63) is 95.3 Å². The molecule has 174 valence electrons. The van der Waals surface area contributed by atoms with Gasteiger partial charge in [0.1, 0.15) is 5.82 Å². The average Bonchev–Trinajstić information content (AvgIpc) is 3.30. The second-order valence-electron chi connectivity index (χ2n) is 8.87. The van der Waals surface area contributed by atoms with E-state index in [2.05, 4.69) is 33.4 Å². The largest absolute Gasteiger partial charge is 0.378 e. The lowest BCUT2D eigenvalue weighted by Crippen LogP contribution is -2.36. The maximum absolute atomic E-state index is 13.6. The molecule has 0 saturated carbocycles. The van der Waals surface area contributed by atoms with Crippen LogP contribution in [0.3, 0.4) is 0 Å². The standard InChI is InChI=1S/C29H26N4O2/c34-29(32-26-13-11-22(19-30-26)33-14-16-35-17-15-33)27-23-8-4-5-9-25(23)31-28-21(10-12-24(27)28)18-20-6-2-1-3-7-20/h1-9,11,13,18-19H,10,12,14-17H2,(H,30,32,34). The molecule has 0 atom stereocenters. The summed E-state index contributed by atoms with van der Waals surface area (Å²) in [5.41, 5.74) is 6.80. The predicted molar refractivity (Wildman–Crippen MR) is 140 cm³/mol. The number of amides is 1. The lowest BCUT2D eigenvalue weighted by molar-refractivity contribution is 0.102. The summed E-state index contributed by atoms with van der Waals surface area (Å²) in [6, 6.07) is 22.0. The quantitative estimate of drug-likeness (QED) is 0.451. The zero-order valence-electron chi connectivity index (χ0n) is 19.4. The zero-order valence-corrected chi connectivity index (χ0v) is 19.4. The second kappa shape index (κ2) is 9.31. The van der Waals surface area contributed by atoms with Crippen molar-refractivity contribution in [2.45, 2.75) is 12.8 Å². The lowest BCUT2D eigenvalue weighted by Gasteiger charge is -2.28. The fraction of sp³-hybridized carbons (Fsp3) is 0.207. The number of carbonyl (C=O) groups is 1. The predicted octanol–water partition coefficient (Wildman–Crippen LogP) is 5.21. The number of nitrogens with zero attached hydrogens (tertiary/aromatic N) is 3. The van der Waals surface area contributed by atoms with Crippen molar-refractivity contribution in [1.82, 2.24) is 9.97 Å². The van der Waals surface area contributed by atoms with E-state index in [1.807, 2.05) is 60.8 Å². The molecule has 6 heteroatoms. The third-order valence-electron chi connectivity index (χ3n) is 6.68.